The van der Waals surface area contributed by atoms with Crippen molar-refractivity contribution in [1.29, 1.82) is 0 Å². The van der Waals surface area contributed by atoms with E-state index in [4.69, 9.17) is 9.47 Å². The summed E-state index contributed by atoms with van der Waals surface area (Å²) < 4.78 is 10.7. The predicted molar refractivity (Wildman–Crippen MR) is 104 cm³/mol. The maximum atomic E-state index is 13.2. The highest BCUT2D eigenvalue weighted by Gasteiger charge is 2.41. The molecule has 6 heteroatoms. The van der Waals surface area contributed by atoms with Crippen molar-refractivity contribution in [3.8, 4) is 5.75 Å². The van der Waals surface area contributed by atoms with E-state index >= 15 is 0 Å². The number of methoxy groups -OCH3 is 1. The van der Waals surface area contributed by atoms with Crippen LogP contribution in [-0.2, 0) is 19.7 Å². The van der Waals surface area contributed by atoms with E-state index in [-0.39, 0.29) is 11.8 Å². The molecule has 142 valence electrons. The Balaban J connectivity index is 1.82. The Kier molecular flexibility index (Phi) is 5.76. The summed E-state index contributed by atoms with van der Waals surface area (Å²) in [5.41, 5.74) is 1.70. The highest BCUT2D eigenvalue weighted by molar-refractivity contribution is 5.99. The zero-order valence-electron chi connectivity index (χ0n) is 15.6. The second kappa shape index (κ2) is 8.22. The number of hydrogen-bond acceptors (Lipinski definition) is 4. The van der Waals surface area contributed by atoms with Crippen LogP contribution in [0.3, 0.4) is 0 Å². The van der Waals surface area contributed by atoms with Crippen LogP contribution in [0.15, 0.2) is 48.5 Å². The Hall–Kier alpha value is -2.86. The average molecular weight is 368 g/mol. The number of rotatable bonds is 5. The molecule has 0 spiro atoms. The quantitative estimate of drug-likeness (QED) is 0.849. The molecule has 1 aliphatic rings. The Morgan fingerprint density at radius 2 is 1.48 bits per heavy atom. The van der Waals surface area contributed by atoms with Gasteiger partial charge in [0, 0.05) is 31.5 Å². The molecule has 0 aromatic heterocycles. The summed E-state index contributed by atoms with van der Waals surface area (Å²) in [5.74, 6) is 0.575. The van der Waals surface area contributed by atoms with Crippen LogP contribution < -0.4 is 15.4 Å². The Morgan fingerprint density at radius 1 is 0.926 bits per heavy atom. The number of amides is 2. The SMILES string of the molecule is COc1ccc(C2(C(=O)Nc3ccc(NC(C)=O)cc3)CCOCC2)cc1. The van der Waals surface area contributed by atoms with Crippen LogP contribution in [0, 0.1) is 0 Å². The molecule has 0 unspecified atom stereocenters. The summed E-state index contributed by atoms with van der Waals surface area (Å²) in [6.45, 7) is 2.54. The summed E-state index contributed by atoms with van der Waals surface area (Å²) in [6, 6.07) is 14.7. The molecule has 27 heavy (non-hydrogen) atoms. The van der Waals surface area contributed by atoms with E-state index in [0.29, 0.717) is 37.4 Å². The van der Waals surface area contributed by atoms with Crippen molar-refractivity contribution >= 4 is 23.2 Å². The highest BCUT2D eigenvalue weighted by Crippen LogP contribution is 2.37. The molecular weight excluding hydrogens is 344 g/mol. The van der Waals surface area contributed by atoms with Crippen LogP contribution in [0.5, 0.6) is 5.75 Å². The lowest BCUT2D eigenvalue weighted by atomic mass is 9.73. The third-order valence-corrected chi connectivity index (χ3v) is 4.89. The first-order valence-electron chi connectivity index (χ1n) is 8.95. The molecule has 2 aromatic rings. The number of carbonyl (C=O) groups excluding carboxylic acids is 2. The largest absolute Gasteiger partial charge is 0.497 e. The summed E-state index contributed by atoms with van der Waals surface area (Å²) in [5, 5.41) is 5.73. The number of hydrogen-bond donors (Lipinski definition) is 2. The second-order valence-corrected chi connectivity index (χ2v) is 6.64. The summed E-state index contributed by atoms with van der Waals surface area (Å²) >= 11 is 0. The first-order chi connectivity index (χ1) is 13.0. The molecule has 3 rings (SSSR count). The van der Waals surface area contributed by atoms with Crippen LogP contribution >= 0.6 is 0 Å². The number of nitrogens with one attached hydrogen (secondary N) is 2. The van der Waals surface area contributed by atoms with E-state index < -0.39 is 5.41 Å². The van der Waals surface area contributed by atoms with Crippen molar-refractivity contribution in [3.63, 3.8) is 0 Å². The van der Waals surface area contributed by atoms with E-state index in [0.717, 1.165) is 11.3 Å². The van der Waals surface area contributed by atoms with Gasteiger partial charge in [-0.05, 0) is 54.8 Å². The van der Waals surface area contributed by atoms with Crippen molar-refractivity contribution in [1.82, 2.24) is 0 Å². The van der Waals surface area contributed by atoms with Gasteiger partial charge in [0.2, 0.25) is 11.8 Å². The normalized spacial score (nSPS) is 15.6. The van der Waals surface area contributed by atoms with Crippen molar-refractivity contribution in [2.75, 3.05) is 31.0 Å². The second-order valence-electron chi connectivity index (χ2n) is 6.64. The van der Waals surface area contributed by atoms with Gasteiger partial charge in [0.1, 0.15) is 5.75 Å². The molecule has 0 radical (unpaired) electrons. The standard InChI is InChI=1S/C21H24N2O4/c1-15(24)22-17-5-7-18(8-6-17)23-20(25)21(11-13-27-14-12-21)16-3-9-19(26-2)10-4-16/h3-10H,11-14H2,1-2H3,(H,22,24)(H,23,25). The van der Waals surface area contributed by atoms with Gasteiger partial charge in [0.25, 0.3) is 0 Å². The minimum atomic E-state index is -0.638. The minimum Gasteiger partial charge on any atom is -0.497 e. The number of benzene rings is 2. The number of anilines is 2. The maximum Gasteiger partial charge on any atom is 0.235 e. The summed E-state index contributed by atoms with van der Waals surface area (Å²) in [6.07, 6.45) is 1.24. The fourth-order valence-electron chi connectivity index (χ4n) is 3.37. The summed E-state index contributed by atoms with van der Waals surface area (Å²) in [7, 11) is 1.62. The fraction of sp³-hybridized carbons (Fsp3) is 0.333. The van der Waals surface area contributed by atoms with Crippen molar-refractivity contribution in [3.05, 3.63) is 54.1 Å². The molecule has 0 aliphatic carbocycles. The molecule has 0 atom stereocenters. The van der Waals surface area contributed by atoms with Gasteiger partial charge in [0.05, 0.1) is 12.5 Å². The molecule has 2 aromatic carbocycles. The van der Waals surface area contributed by atoms with E-state index in [1.807, 2.05) is 24.3 Å². The van der Waals surface area contributed by atoms with Crippen molar-refractivity contribution in [2.45, 2.75) is 25.2 Å². The Morgan fingerprint density at radius 3 is 2.00 bits per heavy atom. The Labute approximate surface area is 158 Å². The third kappa shape index (κ3) is 4.28. The first kappa shape index (κ1) is 18.9. The van der Waals surface area contributed by atoms with Crippen LogP contribution in [0.1, 0.15) is 25.3 Å². The molecule has 0 bridgehead atoms. The molecular formula is C21H24N2O4. The van der Waals surface area contributed by atoms with Gasteiger partial charge in [-0.3, -0.25) is 9.59 Å². The Bertz CT molecular complexity index is 794. The third-order valence-electron chi connectivity index (χ3n) is 4.89. The molecule has 6 nitrogen and oxygen atoms in total. The average Bonchev–Trinajstić information content (AvgIpc) is 2.69. The van der Waals surface area contributed by atoms with Crippen molar-refractivity contribution < 1.29 is 19.1 Å². The lowest BCUT2D eigenvalue weighted by Crippen LogP contribution is -2.44. The van der Waals surface area contributed by atoms with Gasteiger partial charge in [-0.25, -0.2) is 0 Å². The molecule has 1 saturated heterocycles. The van der Waals surface area contributed by atoms with E-state index in [2.05, 4.69) is 10.6 Å². The minimum absolute atomic E-state index is 0.0526. The van der Waals surface area contributed by atoms with Gasteiger partial charge in [-0.1, -0.05) is 12.1 Å². The smallest absolute Gasteiger partial charge is 0.235 e. The predicted octanol–water partition coefficient (Wildman–Crippen LogP) is 3.34. The summed E-state index contributed by atoms with van der Waals surface area (Å²) in [4.78, 5) is 24.4. The van der Waals surface area contributed by atoms with Crippen LogP contribution in [-0.4, -0.2) is 32.1 Å². The molecule has 2 amide bonds. The lowest BCUT2D eigenvalue weighted by molar-refractivity contribution is -0.125. The molecule has 1 aliphatic heterocycles. The maximum absolute atomic E-state index is 13.2. The molecule has 1 fully saturated rings. The van der Waals surface area contributed by atoms with Gasteiger partial charge >= 0.3 is 0 Å². The van der Waals surface area contributed by atoms with Crippen LogP contribution in [0.25, 0.3) is 0 Å². The van der Waals surface area contributed by atoms with Gasteiger partial charge in [-0.15, -0.1) is 0 Å². The van der Waals surface area contributed by atoms with Crippen LogP contribution in [0.2, 0.25) is 0 Å². The van der Waals surface area contributed by atoms with Crippen LogP contribution in [0.4, 0.5) is 11.4 Å². The number of ether oxygens (including phenoxy) is 2. The van der Waals surface area contributed by atoms with Crippen molar-refractivity contribution in [2.24, 2.45) is 0 Å². The molecule has 1 heterocycles. The zero-order valence-corrected chi connectivity index (χ0v) is 15.6. The fourth-order valence-corrected chi connectivity index (χ4v) is 3.37. The molecule has 0 saturated carbocycles. The monoisotopic (exact) mass is 368 g/mol. The zero-order chi connectivity index (χ0) is 19.3. The molecule has 2 N–H and O–H groups in total. The van der Waals surface area contributed by atoms with Gasteiger partial charge < -0.3 is 20.1 Å². The van der Waals surface area contributed by atoms with Gasteiger partial charge in [0.15, 0.2) is 0 Å². The topological polar surface area (TPSA) is 76.7 Å². The van der Waals surface area contributed by atoms with E-state index in [1.165, 1.54) is 6.92 Å². The first-order valence-corrected chi connectivity index (χ1v) is 8.95. The van der Waals surface area contributed by atoms with Gasteiger partial charge in [-0.2, -0.15) is 0 Å². The van der Waals surface area contributed by atoms with E-state index in [1.54, 1.807) is 31.4 Å². The number of carbonyl (C=O) groups is 2. The lowest BCUT2D eigenvalue weighted by Gasteiger charge is -2.36. The highest BCUT2D eigenvalue weighted by atomic mass is 16.5. The van der Waals surface area contributed by atoms with E-state index in [9.17, 15) is 9.59 Å².